The summed E-state index contributed by atoms with van der Waals surface area (Å²) in [5.41, 5.74) is 4.85. The van der Waals surface area contributed by atoms with Crippen molar-refractivity contribution >= 4 is 16.7 Å². The Balaban J connectivity index is 1.21. The summed E-state index contributed by atoms with van der Waals surface area (Å²) >= 11 is 0. The molecule has 1 unspecified atom stereocenters. The predicted molar refractivity (Wildman–Crippen MR) is 127 cm³/mol. The lowest BCUT2D eigenvalue weighted by atomic mass is 9.91. The van der Waals surface area contributed by atoms with E-state index in [0.29, 0.717) is 18.8 Å². The van der Waals surface area contributed by atoms with E-state index < -0.39 is 0 Å². The number of piperidine rings is 1. The zero-order chi connectivity index (χ0) is 22.6. The summed E-state index contributed by atoms with van der Waals surface area (Å²) in [5.74, 6) is 0.663. The fourth-order valence-electron chi connectivity index (χ4n) is 4.74. The van der Waals surface area contributed by atoms with E-state index in [9.17, 15) is 4.79 Å². The summed E-state index contributed by atoms with van der Waals surface area (Å²) in [6.45, 7) is 4.91. The highest BCUT2D eigenvalue weighted by molar-refractivity contribution is 5.84. The van der Waals surface area contributed by atoms with Crippen molar-refractivity contribution in [2.45, 2.75) is 39.2 Å². The van der Waals surface area contributed by atoms with Gasteiger partial charge >= 0.3 is 0 Å². The number of aromatic nitrogens is 5. The summed E-state index contributed by atoms with van der Waals surface area (Å²) in [6, 6.07) is 10.00. The van der Waals surface area contributed by atoms with Crippen LogP contribution in [0.15, 0.2) is 61.3 Å². The van der Waals surface area contributed by atoms with Gasteiger partial charge in [0.15, 0.2) is 0 Å². The van der Waals surface area contributed by atoms with E-state index in [1.807, 2.05) is 54.5 Å². The normalized spacial score (nSPS) is 16.8. The van der Waals surface area contributed by atoms with E-state index in [1.165, 1.54) is 5.56 Å². The molecule has 1 atom stereocenters. The molecule has 5 rings (SSSR count). The van der Waals surface area contributed by atoms with E-state index in [0.717, 1.165) is 60.5 Å². The SMILES string of the molecule is Cc1cc(-n2ncc3cc(CC(=O)CC4CCCN(Cc5cccnc5)C4)ncc32)ccn1. The number of carbonyl (C=O) groups excluding carboxylic acids is 1. The molecule has 7 heteroatoms. The number of likely N-dealkylation sites (tertiary alicyclic amines) is 1. The average molecular weight is 441 g/mol. The second kappa shape index (κ2) is 9.58. The molecule has 4 aromatic rings. The lowest BCUT2D eigenvalue weighted by molar-refractivity contribution is -0.119. The van der Waals surface area contributed by atoms with E-state index in [-0.39, 0.29) is 5.78 Å². The van der Waals surface area contributed by atoms with Crippen LogP contribution in [0.4, 0.5) is 0 Å². The molecule has 168 valence electrons. The first-order valence-electron chi connectivity index (χ1n) is 11.5. The van der Waals surface area contributed by atoms with Gasteiger partial charge in [0.2, 0.25) is 0 Å². The van der Waals surface area contributed by atoms with Gasteiger partial charge in [0.05, 0.1) is 23.6 Å². The summed E-state index contributed by atoms with van der Waals surface area (Å²) in [5, 5.41) is 5.51. The standard InChI is InChI=1S/C26H28N6O/c1-19-10-24(6-8-28-19)32-26-16-29-23(12-22(26)15-30-32)13-25(33)11-20-5-3-9-31(17-20)18-21-4-2-7-27-14-21/h2,4,6-8,10,12,14-16,20H,3,5,9,11,13,17-18H2,1H3. The third kappa shape index (κ3) is 5.14. The van der Waals surface area contributed by atoms with Crippen LogP contribution in [0.3, 0.4) is 0 Å². The monoisotopic (exact) mass is 440 g/mol. The summed E-state index contributed by atoms with van der Waals surface area (Å²) in [7, 11) is 0. The van der Waals surface area contributed by atoms with E-state index in [1.54, 1.807) is 12.4 Å². The quantitative estimate of drug-likeness (QED) is 0.433. The Morgan fingerprint density at radius 2 is 2.06 bits per heavy atom. The predicted octanol–water partition coefficient (Wildman–Crippen LogP) is 3.93. The molecule has 1 saturated heterocycles. The van der Waals surface area contributed by atoms with Gasteiger partial charge in [0.25, 0.3) is 0 Å². The van der Waals surface area contributed by atoms with Gasteiger partial charge in [0, 0.05) is 61.3 Å². The van der Waals surface area contributed by atoms with Gasteiger partial charge in [-0.15, -0.1) is 0 Å². The zero-order valence-electron chi connectivity index (χ0n) is 18.9. The fourth-order valence-corrected chi connectivity index (χ4v) is 4.74. The smallest absolute Gasteiger partial charge is 0.139 e. The zero-order valence-corrected chi connectivity index (χ0v) is 18.9. The van der Waals surface area contributed by atoms with Crippen molar-refractivity contribution in [2.24, 2.45) is 5.92 Å². The Bertz CT molecular complexity index is 1250. The molecule has 0 aromatic carbocycles. The Kier molecular flexibility index (Phi) is 6.21. The third-order valence-corrected chi connectivity index (χ3v) is 6.26. The van der Waals surface area contributed by atoms with Crippen LogP contribution in [0.25, 0.3) is 16.6 Å². The van der Waals surface area contributed by atoms with E-state index >= 15 is 0 Å². The van der Waals surface area contributed by atoms with Gasteiger partial charge in [-0.3, -0.25) is 24.6 Å². The van der Waals surface area contributed by atoms with Gasteiger partial charge in [-0.05, 0) is 62.1 Å². The maximum atomic E-state index is 12.8. The Hall–Kier alpha value is -3.45. The van der Waals surface area contributed by atoms with Gasteiger partial charge in [-0.1, -0.05) is 6.07 Å². The Labute approximate surface area is 193 Å². The second-order valence-corrected chi connectivity index (χ2v) is 8.97. The minimum atomic E-state index is 0.257. The molecule has 0 saturated carbocycles. The van der Waals surface area contributed by atoms with Crippen LogP contribution in [-0.2, 0) is 17.8 Å². The molecule has 0 aliphatic carbocycles. The Morgan fingerprint density at radius 3 is 2.91 bits per heavy atom. The van der Waals surface area contributed by atoms with Gasteiger partial charge in [-0.2, -0.15) is 5.10 Å². The molecule has 4 aromatic heterocycles. The first-order chi connectivity index (χ1) is 16.1. The third-order valence-electron chi connectivity index (χ3n) is 6.26. The first-order valence-corrected chi connectivity index (χ1v) is 11.5. The number of aryl methyl sites for hydroxylation is 1. The number of hydrogen-bond donors (Lipinski definition) is 0. The number of carbonyl (C=O) groups is 1. The van der Waals surface area contributed by atoms with Crippen LogP contribution in [0, 0.1) is 12.8 Å². The van der Waals surface area contributed by atoms with Crippen LogP contribution in [0.2, 0.25) is 0 Å². The van der Waals surface area contributed by atoms with Crippen LogP contribution < -0.4 is 0 Å². The second-order valence-electron chi connectivity index (χ2n) is 8.97. The van der Waals surface area contributed by atoms with Gasteiger partial charge in [-0.25, -0.2) is 4.68 Å². The van der Waals surface area contributed by atoms with Crippen LogP contribution in [-0.4, -0.2) is 48.5 Å². The van der Waals surface area contributed by atoms with Crippen molar-refractivity contribution in [3.63, 3.8) is 0 Å². The molecule has 1 aliphatic rings. The molecule has 0 radical (unpaired) electrons. The highest BCUT2D eigenvalue weighted by Crippen LogP contribution is 2.23. The molecule has 0 amide bonds. The number of Topliss-reactive ketones (excluding diaryl/α,β-unsaturated/α-hetero) is 1. The minimum Gasteiger partial charge on any atom is -0.299 e. The average Bonchev–Trinajstić information content (AvgIpc) is 3.23. The molecule has 7 nitrogen and oxygen atoms in total. The fraction of sp³-hybridized carbons (Fsp3) is 0.346. The molecular weight excluding hydrogens is 412 g/mol. The minimum absolute atomic E-state index is 0.257. The highest BCUT2D eigenvalue weighted by atomic mass is 16.1. The molecule has 0 bridgehead atoms. The lowest BCUT2D eigenvalue weighted by Crippen LogP contribution is -2.36. The molecule has 1 aliphatic heterocycles. The number of ketones is 1. The number of rotatable bonds is 7. The first kappa shape index (κ1) is 21.4. The van der Waals surface area contributed by atoms with Crippen molar-refractivity contribution in [3.8, 4) is 5.69 Å². The van der Waals surface area contributed by atoms with Crippen molar-refractivity contribution < 1.29 is 4.79 Å². The maximum absolute atomic E-state index is 12.8. The lowest BCUT2D eigenvalue weighted by Gasteiger charge is -2.32. The van der Waals surface area contributed by atoms with Gasteiger partial charge < -0.3 is 0 Å². The topological polar surface area (TPSA) is 76.8 Å². The van der Waals surface area contributed by atoms with Crippen molar-refractivity contribution in [1.82, 2.24) is 29.6 Å². The Morgan fingerprint density at radius 1 is 1.12 bits per heavy atom. The molecule has 0 N–H and O–H groups in total. The van der Waals surface area contributed by atoms with Crippen molar-refractivity contribution in [3.05, 3.63) is 78.3 Å². The van der Waals surface area contributed by atoms with Crippen molar-refractivity contribution in [2.75, 3.05) is 13.1 Å². The van der Waals surface area contributed by atoms with E-state index in [2.05, 4.69) is 31.0 Å². The molecular formula is C26H28N6O. The summed E-state index contributed by atoms with van der Waals surface area (Å²) in [6.07, 6.45) is 12.4. The number of fused-ring (bicyclic) bond motifs is 1. The number of hydrogen-bond acceptors (Lipinski definition) is 6. The van der Waals surface area contributed by atoms with Crippen LogP contribution >= 0.6 is 0 Å². The van der Waals surface area contributed by atoms with Crippen LogP contribution in [0.5, 0.6) is 0 Å². The summed E-state index contributed by atoms with van der Waals surface area (Å²) in [4.78, 5) is 28.3. The number of nitrogens with zero attached hydrogens (tertiary/aromatic N) is 6. The maximum Gasteiger partial charge on any atom is 0.139 e. The summed E-state index contributed by atoms with van der Waals surface area (Å²) < 4.78 is 1.86. The number of pyridine rings is 3. The van der Waals surface area contributed by atoms with Crippen LogP contribution in [0.1, 0.15) is 36.2 Å². The van der Waals surface area contributed by atoms with E-state index in [4.69, 9.17) is 0 Å². The molecule has 1 fully saturated rings. The highest BCUT2D eigenvalue weighted by Gasteiger charge is 2.22. The van der Waals surface area contributed by atoms with Gasteiger partial charge in [0.1, 0.15) is 5.78 Å². The van der Waals surface area contributed by atoms with Crippen molar-refractivity contribution in [1.29, 1.82) is 0 Å². The molecule has 0 spiro atoms. The molecule has 5 heterocycles. The molecule has 33 heavy (non-hydrogen) atoms. The largest absolute Gasteiger partial charge is 0.299 e.